The van der Waals surface area contributed by atoms with E-state index in [0.29, 0.717) is 12.2 Å². The van der Waals surface area contributed by atoms with Gasteiger partial charge < -0.3 is 5.73 Å². The molecule has 0 rings (SSSR count). The van der Waals surface area contributed by atoms with Crippen LogP contribution < -0.4 is 5.73 Å². The lowest BCUT2D eigenvalue weighted by Gasteiger charge is -2.04. The Kier molecular flexibility index (Phi) is 7.41. The van der Waals surface area contributed by atoms with Crippen LogP contribution in [0.5, 0.6) is 0 Å². The second-order valence-corrected chi connectivity index (χ2v) is 5.05. The highest BCUT2D eigenvalue weighted by molar-refractivity contribution is 9.08. The van der Waals surface area contributed by atoms with Gasteiger partial charge in [0.1, 0.15) is 0 Å². The Morgan fingerprint density at radius 1 is 1.70 bits per heavy atom. The van der Waals surface area contributed by atoms with Crippen LogP contribution in [0.3, 0.4) is 0 Å². The van der Waals surface area contributed by atoms with Crippen molar-refractivity contribution >= 4 is 50.0 Å². The molecule has 2 nitrogen and oxygen atoms in total. The smallest absolute Gasteiger partial charge is 0.216 e. The molecule has 0 saturated carbocycles. The molecule has 6 heteroatoms. The quantitative estimate of drug-likeness (QED) is 0.490. The van der Waals surface area contributed by atoms with E-state index in [2.05, 4.69) is 24.3 Å². The van der Waals surface area contributed by atoms with Gasteiger partial charge in [0.05, 0.1) is 6.04 Å². The predicted molar refractivity (Wildman–Crippen MR) is 55.6 cm³/mol. The van der Waals surface area contributed by atoms with Gasteiger partial charge in [-0.1, -0.05) is 11.7 Å². The van der Waals surface area contributed by atoms with Crippen molar-refractivity contribution in [2.45, 2.75) is 12.5 Å². The second-order valence-electron chi connectivity index (χ2n) is 1.60. The highest BCUT2D eigenvalue weighted by Crippen LogP contribution is 2.26. The van der Waals surface area contributed by atoms with Gasteiger partial charge in [-0.25, -0.2) is 0 Å². The largest absolute Gasteiger partial charge is 0.321 e. The Hall–Kier alpha value is 1.03. The molecule has 0 bridgehead atoms. The van der Waals surface area contributed by atoms with Crippen molar-refractivity contribution in [2.75, 3.05) is 5.75 Å². The van der Waals surface area contributed by atoms with E-state index in [0.717, 1.165) is 20.6 Å². The van der Waals surface area contributed by atoms with Gasteiger partial charge in [0.15, 0.2) is 0 Å². The summed E-state index contributed by atoms with van der Waals surface area (Å²) in [6.07, 6.45) is 0.628. The number of carbonyl (C=O) groups excluding carboxylic acids is 1. The first-order valence-corrected chi connectivity index (χ1v) is 6.44. The van der Waals surface area contributed by atoms with Gasteiger partial charge in [-0.05, 0) is 32.8 Å². The zero-order valence-corrected chi connectivity index (χ0v) is 8.61. The van der Waals surface area contributed by atoms with Crippen LogP contribution >= 0.6 is 44.9 Å². The van der Waals surface area contributed by atoms with E-state index in [-0.39, 0.29) is 11.2 Å². The van der Waals surface area contributed by atoms with Gasteiger partial charge in [-0.2, -0.15) is 12.6 Å². The molecule has 0 aliphatic heterocycles. The van der Waals surface area contributed by atoms with E-state index < -0.39 is 0 Å². The summed E-state index contributed by atoms with van der Waals surface area (Å²) in [5.41, 5.74) is 5.45. The van der Waals surface area contributed by atoms with E-state index in [4.69, 9.17) is 5.73 Å². The van der Waals surface area contributed by atoms with E-state index in [9.17, 15) is 4.79 Å². The molecule has 0 aromatic rings. The van der Waals surface area contributed by atoms with Crippen LogP contribution in [0.4, 0.5) is 0 Å². The Morgan fingerprint density at radius 3 is 2.70 bits per heavy atom. The standard InChI is InChI=1S/C4H9NOS4/c5-3(1-2-7)4(6)9-10-8/h3,7-8H,1-2,5H2/t3-/m0/s1. The zero-order chi connectivity index (χ0) is 7.98. The lowest BCUT2D eigenvalue weighted by Crippen LogP contribution is -2.27. The Labute approximate surface area is 78.7 Å². The minimum Gasteiger partial charge on any atom is -0.321 e. The maximum absolute atomic E-state index is 10.9. The van der Waals surface area contributed by atoms with Crippen molar-refractivity contribution in [1.82, 2.24) is 0 Å². The summed E-state index contributed by atoms with van der Waals surface area (Å²) in [5.74, 6) is 0.644. The molecule has 0 heterocycles. The van der Waals surface area contributed by atoms with Crippen molar-refractivity contribution in [1.29, 1.82) is 0 Å². The number of hydrogen-bond acceptors (Lipinski definition) is 6. The van der Waals surface area contributed by atoms with Crippen molar-refractivity contribution < 1.29 is 4.79 Å². The maximum Gasteiger partial charge on any atom is 0.216 e. The molecule has 0 aromatic heterocycles. The summed E-state index contributed by atoms with van der Waals surface area (Å²) in [6, 6.07) is -0.387. The highest BCUT2D eigenvalue weighted by Gasteiger charge is 2.12. The number of hydrogen-bond donors (Lipinski definition) is 3. The molecular weight excluding hydrogens is 206 g/mol. The minimum absolute atomic E-state index is 0.0333. The summed E-state index contributed by atoms with van der Waals surface area (Å²) in [4.78, 5) is 10.9. The molecule has 0 aliphatic rings. The number of rotatable bonds is 4. The molecule has 60 valence electrons. The van der Waals surface area contributed by atoms with Crippen molar-refractivity contribution in [2.24, 2.45) is 5.73 Å². The third-order valence-electron chi connectivity index (χ3n) is 0.862. The first kappa shape index (κ1) is 11.0. The molecule has 0 fully saturated rings. The van der Waals surface area contributed by atoms with Crippen LogP contribution in [0.1, 0.15) is 6.42 Å². The predicted octanol–water partition coefficient (Wildman–Crippen LogP) is 1.39. The maximum atomic E-state index is 10.9. The third-order valence-corrected chi connectivity index (χ3v) is 3.05. The zero-order valence-electron chi connectivity index (χ0n) is 5.19. The summed E-state index contributed by atoms with van der Waals surface area (Å²) in [7, 11) is 2.18. The molecule has 1 atom stereocenters. The summed E-state index contributed by atoms with van der Waals surface area (Å²) >= 11 is 7.76. The lowest BCUT2D eigenvalue weighted by molar-refractivity contribution is -0.111. The Balaban J connectivity index is 3.49. The molecule has 0 unspecified atom stereocenters. The van der Waals surface area contributed by atoms with Crippen LogP contribution in [-0.2, 0) is 4.79 Å². The Morgan fingerprint density at radius 2 is 2.30 bits per heavy atom. The third kappa shape index (κ3) is 4.79. The van der Waals surface area contributed by atoms with Crippen molar-refractivity contribution in [3.8, 4) is 0 Å². The van der Waals surface area contributed by atoms with Gasteiger partial charge in [-0.15, -0.1) is 0 Å². The van der Waals surface area contributed by atoms with Crippen LogP contribution in [0, 0.1) is 0 Å². The topological polar surface area (TPSA) is 43.1 Å². The van der Waals surface area contributed by atoms with Crippen molar-refractivity contribution in [3.05, 3.63) is 0 Å². The van der Waals surface area contributed by atoms with Gasteiger partial charge in [0.2, 0.25) is 5.12 Å². The summed E-state index contributed by atoms with van der Waals surface area (Å²) in [5, 5.41) is -0.0333. The first-order valence-electron chi connectivity index (χ1n) is 2.60. The average molecular weight is 215 g/mol. The number of carbonyl (C=O) groups is 1. The van der Waals surface area contributed by atoms with Crippen LogP contribution in [0.25, 0.3) is 0 Å². The molecule has 0 radical (unpaired) electrons. The van der Waals surface area contributed by atoms with Crippen LogP contribution in [-0.4, -0.2) is 16.9 Å². The van der Waals surface area contributed by atoms with Gasteiger partial charge in [-0.3, -0.25) is 4.79 Å². The van der Waals surface area contributed by atoms with E-state index >= 15 is 0 Å². The van der Waals surface area contributed by atoms with Gasteiger partial charge in [0, 0.05) is 0 Å². The minimum atomic E-state index is -0.387. The fourth-order valence-electron chi connectivity index (χ4n) is 0.355. The molecule has 10 heavy (non-hydrogen) atoms. The molecule has 0 saturated heterocycles. The van der Waals surface area contributed by atoms with Crippen LogP contribution in [0.2, 0.25) is 0 Å². The monoisotopic (exact) mass is 215 g/mol. The number of thiol groups is 2. The Bertz CT molecular complexity index is 109. The first-order chi connectivity index (χ1) is 4.72. The lowest BCUT2D eigenvalue weighted by atomic mass is 10.3. The summed E-state index contributed by atoms with van der Waals surface area (Å²) < 4.78 is 0. The van der Waals surface area contributed by atoms with Gasteiger partial charge >= 0.3 is 0 Å². The van der Waals surface area contributed by atoms with Gasteiger partial charge in [0.25, 0.3) is 0 Å². The van der Waals surface area contributed by atoms with Crippen molar-refractivity contribution in [3.63, 3.8) is 0 Å². The van der Waals surface area contributed by atoms with E-state index in [1.54, 1.807) is 0 Å². The fraction of sp³-hybridized carbons (Fsp3) is 0.750. The normalized spacial score (nSPS) is 13.1. The van der Waals surface area contributed by atoms with E-state index in [1.165, 1.54) is 0 Å². The highest BCUT2D eigenvalue weighted by atomic mass is 33.5. The fourth-order valence-corrected chi connectivity index (χ4v) is 2.20. The second kappa shape index (κ2) is 6.72. The molecule has 2 N–H and O–H groups in total. The SMILES string of the molecule is N[C@@H](CCS)C(=O)SSS. The molecule has 0 aliphatic carbocycles. The van der Waals surface area contributed by atoms with E-state index in [1.807, 2.05) is 0 Å². The molecular formula is C4H9NOS4. The molecule has 0 aromatic carbocycles. The average Bonchev–Trinajstić information content (AvgIpc) is 1.89. The van der Waals surface area contributed by atoms with Crippen LogP contribution in [0.15, 0.2) is 0 Å². The summed E-state index contributed by atoms with van der Waals surface area (Å²) in [6.45, 7) is 0. The molecule has 0 spiro atoms. The number of nitrogens with two attached hydrogens (primary N) is 1. The molecule has 0 amide bonds.